The first kappa shape index (κ1) is 20.2. The fraction of sp³-hybridized carbons (Fsp3) is 0.429. The molecule has 2 aliphatic rings. The van der Waals surface area contributed by atoms with E-state index in [1.165, 1.54) is 0 Å². The number of allylic oxidation sites excluding steroid dienone is 3. The first-order valence-corrected chi connectivity index (χ1v) is 11.2. The van der Waals surface area contributed by atoms with Crippen molar-refractivity contribution in [2.75, 3.05) is 18.1 Å². The third-order valence-electron chi connectivity index (χ3n) is 4.86. The van der Waals surface area contributed by atoms with Gasteiger partial charge in [0.1, 0.15) is 6.61 Å². The van der Waals surface area contributed by atoms with Crippen LogP contribution in [-0.4, -0.2) is 29.9 Å². The number of hydrogen-bond acceptors (Lipinski definition) is 5. The Bertz CT molecular complexity index is 798. The molecule has 0 bridgehead atoms. The molecule has 0 spiro atoms. The SMILES string of the molecule is CCSCCOC(=O)C1=C(C)NC2=C(C(=O)CCC2)[C@H]1c1ccc(Br)cc1. The van der Waals surface area contributed by atoms with Crippen molar-refractivity contribution in [1.29, 1.82) is 0 Å². The van der Waals surface area contributed by atoms with Crippen molar-refractivity contribution in [2.24, 2.45) is 0 Å². The molecule has 27 heavy (non-hydrogen) atoms. The molecule has 0 aromatic heterocycles. The van der Waals surface area contributed by atoms with Gasteiger partial charge in [0.05, 0.1) is 5.57 Å². The summed E-state index contributed by atoms with van der Waals surface area (Å²) in [6.45, 7) is 4.35. The molecular formula is C21H24BrNO3S. The highest BCUT2D eigenvalue weighted by Gasteiger charge is 2.38. The molecule has 1 aliphatic carbocycles. The average molecular weight is 450 g/mol. The summed E-state index contributed by atoms with van der Waals surface area (Å²) in [5, 5.41) is 3.32. The fourth-order valence-electron chi connectivity index (χ4n) is 3.66. The standard InChI is InChI=1S/C21H24BrNO3S/c1-3-27-12-11-26-21(25)18-13(2)23-16-5-4-6-17(24)20(16)19(18)14-7-9-15(22)10-8-14/h7-10,19,23H,3-6,11-12H2,1-2H3/t19-/m0/s1. The third-order valence-corrected chi connectivity index (χ3v) is 6.26. The molecule has 1 heterocycles. The average Bonchev–Trinajstić information content (AvgIpc) is 2.65. The number of ketones is 1. The van der Waals surface area contributed by atoms with Gasteiger partial charge in [0.2, 0.25) is 0 Å². The molecular weight excluding hydrogens is 426 g/mol. The number of carbonyl (C=O) groups is 2. The number of halogens is 1. The normalized spacial score (nSPS) is 19.7. The first-order chi connectivity index (χ1) is 13.0. The Morgan fingerprint density at radius 1 is 1.30 bits per heavy atom. The summed E-state index contributed by atoms with van der Waals surface area (Å²) in [5.74, 6) is 1.18. The summed E-state index contributed by atoms with van der Waals surface area (Å²) < 4.78 is 6.51. The van der Waals surface area contributed by atoms with Crippen LogP contribution in [0.2, 0.25) is 0 Å². The molecule has 0 fully saturated rings. The van der Waals surface area contributed by atoms with Crippen LogP contribution in [-0.2, 0) is 14.3 Å². The van der Waals surface area contributed by atoms with Crippen LogP contribution in [0.5, 0.6) is 0 Å². The molecule has 1 aromatic carbocycles. The van der Waals surface area contributed by atoms with Gasteiger partial charge in [-0.1, -0.05) is 35.0 Å². The molecule has 144 valence electrons. The monoisotopic (exact) mass is 449 g/mol. The van der Waals surface area contributed by atoms with E-state index in [-0.39, 0.29) is 17.7 Å². The van der Waals surface area contributed by atoms with Gasteiger partial charge in [0.15, 0.2) is 5.78 Å². The van der Waals surface area contributed by atoms with E-state index in [1.54, 1.807) is 11.8 Å². The van der Waals surface area contributed by atoms with Crippen molar-refractivity contribution in [3.8, 4) is 0 Å². The molecule has 0 saturated carbocycles. The predicted octanol–water partition coefficient (Wildman–Crippen LogP) is 4.71. The van der Waals surface area contributed by atoms with Gasteiger partial charge in [-0.05, 0) is 43.2 Å². The van der Waals surface area contributed by atoms with E-state index in [0.29, 0.717) is 18.6 Å². The highest BCUT2D eigenvalue weighted by molar-refractivity contribution is 9.10. The van der Waals surface area contributed by atoms with Crippen molar-refractivity contribution < 1.29 is 14.3 Å². The van der Waals surface area contributed by atoms with Gasteiger partial charge in [-0.25, -0.2) is 4.79 Å². The molecule has 0 unspecified atom stereocenters. The summed E-state index contributed by atoms with van der Waals surface area (Å²) in [6, 6.07) is 7.84. The Labute approximate surface area is 172 Å². The summed E-state index contributed by atoms with van der Waals surface area (Å²) in [4.78, 5) is 25.7. The lowest BCUT2D eigenvalue weighted by atomic mass is 9.75. The second kappa shape index (κ2) is 9.11. The van der Waals surface area contributed by atoms with E-state index in [9.17, 15) is 9.59 Å². The van der Waals surface area contributed by atoms with Crippen LogP contribution in [0.1, 0.15) is 44.6 Å². The topological polar surface area (TPSA) is 55.4 Å². The largest absolute Gasteiger partial charge is 0.461 e. The molecule has 1 aliphatic heterocycles. The predicted molar refractivity (Wildman–Crippen MR) is 113 cm³/mol. The number of hydrogen-bond donors (Lipinski definition) is 1. The smallest absolute Gasteiger partial charge is 0.336 e. The zero-order chi connectivity index (χ0) is 19.4. The van der Waals surface area contributed by atoms with Crippen LogP contribution >= 0.6 is 27.7 Å². The number of carbonyl (C=O) groups excluding carboxylic acids is 2. The van der Waals surface area contributed by atoms with Crippen LogP contribution in [0.15, 0.2) is 51.3 Å². The van der Waals surface area contributed by atoms with Crippen LogP contribution in [0.3, 0.4) is 0 Å². The zero-order valence-corrected chi connectivity index (χ0v) is 18.0. The van der Waals surface area contributed by atoms with Gasteiger partial charge >= 0.3 is 5.97 Å². The maximum absolute atomic E-state index is 12.9. The van der Waals surface area contributed by atoms with Gasteiger partial charge in [-0.2, -0.15) is 11.8 Å². The van der Waals surface area contributed by atoms with Gasteiger partial charge in [0, 0.05) is 39.5 Å². The molecule has 0 amide bonds. The minimum absolute atomic E-state index is 0.121. The molecule has 0 radical (unpaired) electrons. The maximum Gasteiger partial charge on any atom is 0.336 e. The fourth-order valence-corrected chi connectivity index (χ4v) is 4.41. The van der Waals surface area contributed by atoms with Crippen LogP contribution in [0.25, 0.3) is 0 Å². The zero-order valence-electron chi connectivity index (χ0n) is 15.6. The molecule has 0 saturated heterocycles. The minimum Gasteiger partial charge on any atom is -0.461 e. The Kier molecular flexibility index (Phi) is 6.82. The first-order valence-electron chi connectivity index (χ1n) is 9.27. The quantitative estimate of drug-likeness (QED) is 0.503. The molecule has 1 aromatic rings. The van der Waals surface area contributed by atoms with Crippen molar-refractivity contribution in [3.05, 3.63) is 56.8 Å². The van der Waals surface area contributed by atoms with Gasteiger partial charge in [-0.15, -0.1) is 0 Å². The van der Waals surface area contributed by atoms with E-state index in [4.69, 9.17) is 4.74 Å². The van der Waals surface area contributed by atoms with Crippen molar-refractivity contribution >= 4 is 39.4 Å². The lowest BCUT2D eigenvalue weighted by Crippen LogP contribution is -2.34. The summed E-state index contributed by atoms with van der Waals surface area (Å²) in [5.41, 5.74) is 3.95. The van der Waals surface area contributed by atoms with Crippen LogP contribution in [0.4, 0.5) is 0 Å². The number of esters is 1. The lowest BCUT2D eigenvalue weighted by Gasteiger charge is -2.34. The van der Waals surface area contributed by atoms with Crippen molar-refractivity contribution in [3.63, 3.8) is 0 Å². The van der Waals surface area contributed by atoms with Gasteiger partial charge < -0.3 is 10.1 Å². The Morgan fingerprint density at radius 2 is 2.04 bits per heavy atom. The Hall–Kier alpha value is -1.53. The molecule has 3 rings (SSSR count). The number of rotatable bonds is 6. The van der Waals surface area contributed by atoms with Crippen LogP contribution < -0.4 is 5.32 Å². The van der Waals surface area contributed by atoms with E-state index in [0.717, 1.165) is 51.4 Å². The van der Waals surface area contributed by atoms with Crippen LogP contribution in [0, 0.1) is 0 Å². The summed E-state index contributed by atoms with van der Waals surface area (Å²) >= 11 is 5.20. The number of ether oxygens (including phenoxy) is 1. The number of dihydropyridines is 1. The highest BCUT2D eigenvalue weighted by Crippen LogP contribution is 2.42. The number of Topliss-reactive ketones (excluding diaryl/α,β-unsaturated/α-hetero) is 1. The van der Waals surface area contributed by atoms with E-state index in [1.807, 2.05) is 31.2 Å². The maximum atomic E-state index is 12.9. The molecule has 4 nitrogen and oxygen atoms in total. The van der Waals surface area contributed by atoms with Gasteiger partial charge in [-0.3, -0.25) is 4.79 Å². The molecule has 1 N–H and O–H groups in total. The second-order valence-electron chi connectivity index (χ2n) is 6.65. The number of nitrogens with one attached hydrogen (secondary N) is 1. The van der Waals surface area contributed by atoms with Crippen molar-refractivity contribution in [2.45, 2.75) is 39.0 Å². The van der Waals surface area contributed by atoms with E-state index >= 15 is 0 Å². The van der Waals surface area contributed by atoms with E-state index in [2.05, 4.69) is 28.2 Å². The third kappa shape index (κ3) is 4.49. The number of thioether (sulfide) groups is 1. The Balaban J connectivity index is 1.97. The molecule has 1 atom stereocenters. The minimum atomic E-state index is -0.367. The van der Waals surface area contributed by atoms with Gasteiger partial charge in [0.25, 0.3) is 0 Å². The van der Waals surface area contributed by atoms with E-state index < -0.39 is 0 Å². The summed E-state index contributed by atoms with van der Waals surface area (Å²) in [7, 11) is 0. The number of benzene rings is 1. The second-order valence-corrected chi connectivity index (χ2v) is 8.96. The molecule has 6 heteroatoms. The van der Waals surface area contributed by atoms with Crippen molar-refractivity contribution in [1.82, 2.24) is 5.32 Å². The Morgan fingerprint density at radius 3 is 2.74 bits per heavy atom. The summed E-state index contributed by atoms with van der Waals surface area (Å²) in [6.07, 6.45) is 2.21. The highest BCUT2D eigenvalue weighted by atomic mass is 79.9. The lowest BCUT2D eigenvalue weighted by molar-refractivity contribution is -0.138.